The van der Waals surface area contributed by atoms with Crippen molar-refractivity contribution in [2.75, 3.05) is 11.9 Å². The molecule has 24 heavy (non-hydrogen) atoms. The highest BCUT2D eigenvalue weighted by atomic mass is 16.1. The summed E-state index contributed by atoms with van der Waals surface area (Å²) in [5.41, 5.74) is 1.39. The Morgan fingerprint density at radius 2 is 1.83 bits per heavy atom. The number of benzene rings is 1. The minimum absolute atomic E-state index is 0.210. The third-order valence-corrected chi connectivity index (χ3v) is 3.75. The molecule has 0 aliphatic carbocycles. The highest BCUT2D eigenvalue weighted by Crippen LogP contribution is 2.06. The molecule has 0 spiro atoms. The first-order valence-corrected chi connectivity index (χ1v) is 8.67. The van der Waals surface area contributed by atoms with Crippen LogP contribution in [0, 0.1) is 0 Å². The minimum atomic E-state index is -0.210. The quantitative estimate of drug-likeness (QED) is 0.652. The molecular weight excluding hydrogens is 300 g/mol. The Kier molecular flexibility index (Phi) is 7.74. The van der Waals surface area contributed by atoms with Gasteiger partial charge in [-0.15, -0.1) is 0 Å². The largest absolute Gasteiger partial charge is 0.369 e. The van der Waals surface area contributed by atoms with E-state index in [2.05, 4.69) is 27.5 Å². The molecule has 0 fully saturated rings. The minimum Gasteiger partial charge on any atom is -0.369 e. The molecule has 2 N–H and O–H groups in total. The summed E-state index contributed by atoms with van der Waals surface area (Å²) in [5, 5.41) is 6.10. The van der Waals surface area contributed by atoms with E-state index >= 15 is 0 Å². The van der Waals surface area contributed by atoms with E-state index in [1.165, 1.54) is 31.9 Å². The normalized spacial score (nSPS) is 10.4. The molecule has 5 nitrogen and oxygen atoms in total. The summed E-state index contributed by atoms with van der Waals surface area (Å²) in [4.78, 5) is 20.6. The Balaban J connectivity index is 1.77. The summed E-state index contributed by atoms with van der Waals surface area (Å²) in [6.45, 7) is 3.55. The van der Waals surface area contributed by atoms with Gasteiger partial charge in [0, 0.05) is 13.1 Å². The predicted molar refractivity (Wildman–Crippen MR) is 96.9 cm³/mol. The number of nitrogens with zero attached hydrogens (tertiary/aromatic N) is 2. The lowest BCUT2D eigenvalue weighted by Gasteiger charge is -2.08. The maximum absolute atomic E-state index is 12.2. The van der Waals surface area contributed by atoms with Crippen LogP contribution in [0.15, 0.2) is 42.7 Å². The summed E-state index contributed by atoms with van der Waals surface area (Å²) < 4.78 is 0. The zero-order valence-electron chi connectivity index (χ0n) is 14.3. The van der Waals surface area contributed by atoms with Gasteiger partial charge in [0.05, 0.1) is 12.4 Å². The molecule has 2 rings (SSSR count). The molecule has 1 aromatic carbocycles. The number of nitrogens with one attached hydrogen (secondary N) is 2. The topological polar surface area (TPSA) is 66.9 Å². The molecule has 0 aliphatic rings. The molecule has 5 heteroatoms. The van der Waals surface area contributed by atoms with Gasteiger partial charge < -0.3 is 10.6 Å². The van der Waals surface area contributed by atoms with Crippen LogP contribution in [0.2, 0.25) is 0 Å². The molecule has 0 atom stereocenters. The molecule has 0 bridgehead atoms. The van der Waals surface area contributed by atoms with Crippen molar-refractivity contribution in [3.8, 4) is 0 Å². The number of anilines is 1. The fourth-order valence-electron chi connectivity index (χ4n) is 2.37. The summed E-state index contributed by atoms with van der Waals surface area (Å²) in [7, 11) is 0. The molecule has 2 aromatic rings. The Labute approximate surface area is 143 Å². The number of carbonyl (C=O) groups excluding carboxylic acids is 1. The standard InChI is InChI=1S/C19H26N4O/c1-2-3-4-5-9-12-21-18-15-20-14-17(23-18)19(24)22-13-16-10-7-6-8-11-16/h6-8,10-11,14-15H,2-5,9,12-13H2,1H3,(H,21,23)(H,22,24). The first kappa shape index (κ1) is 17.9. The van der Waals surface area contributed by atoms with E-state index < -0.39 is 0 Å². The van der Waals surface area contributed by atoms with Gasteiger partial charge in [0.25, 0.3) is 5.91 Å². The van der Waals surface area contributed by atoms with Gasteiger partial charge >= 0.3 is 0 Å². The summed E-state index contributed by atoms with van der Waals surface area (Å²) in [5.74, 6) is 0.441. The van der Waals surface area contributed by atoms with E-state index in [9.17, 15) is 4.79 Å². The number of hydrogen-bond acceptors (Lipinski definition) is 4. The molecule has 1 aromatic heterocycles. The van der Waals surface area contributed by atoms with Crippen molar-refractivity contribution in [1.82, 2.24) is 15.3 Å². The van der Waals surface area contributed by atoms with Crippen LogP contribution in [0.5, 0.6) is 0 Å². The Morgan fingerprint density at radius 1 is 1.04 bits per heavy atom. The monoisotopic (exact) mass is 326 g/mol. The lowest BCUT2D eigenvalue weighted by molar-refractivity contribution is 0.0945. The van der Waals surface area contributed by atoms with Gasteiger partial charge in [-0.05, 0) is 12.0 Å². The molecule has 128 valence electrons. The van der Waals surface area contributed by atoms with Crippen molar-refractivity contribution >= 4 is 11.7 Å². The lowest BCUT2D eigenvalue weighted by Crippen LogP contribution is -2.24. The Bertz CT molecular complexity index is 616. The van der Waals surface area contributed by atoms with Crippen molar-refractivity contribution in [2.24, 2.45) is 0 Å². The van der Waals surface area contributed by atoms with Crippen LogP contribution >= 0.6 is 0 Å². The van der Waals surface area contributed by atoms with Crippen LogP contribution < -0.4 is 10.6 Å². The van der Waals surface area contributed by atoms with Gasteiger partial charge in [0.15, 0.2) is 0 Å². The SMILES string of the molecule is CCCCCCCNc1cncc(C(=O)NCc2ccccc2)n1. The van der Waals surface area contributed by atoms with Gasteiger partial charge in [-0.1, -0.05) is 62.9 Å². The molecule has 0 saturated heterocycles. The zero-order valence-corrected chi connectivity index (χ0v) is 14.3. The average Bonchev–Trinajstić information content (AvgIpc) is 2.64. The lowest BCUT2D eigenvalue weighted by atomic mass is 10.1. The molecule has 0 radical (unpaired) electrons. The highest BCUT2D eigenvalue weighted by molar-refractivity contribution is 5.92. The average molecular weight is 326 g/mol. The first-order chi connectivity index (χ1) is 11.8. The molecular formula is C19H26N4O. The van der Waals surface area contributed by atoms with Gasteiger partial charge in [0.2, 0.25) is 0 Å². The van der Waals surface area contributed by atoms with Crippen LogP contribution in [0.4, 0.5) is 5.82 Å². The zero-order chi connectivity index (χ0) is 17.0. The third kappa shape index (κ3) is 6.36. The smallest absolute Gasteiger partial charge is 0.271 e. The second-order valence-corrected chi connectivity index (χ2v) is 5.80. The van der Waals surface area contributed by atoms with Crippen LogP contribution in [-0.2, 0) is 6.54 Å². The van der Waals surface area contributed by atoms with Gasteiger partial charge in [-0.2, -0.15) is 0 Å². The maximum atomic E-state index is 12.2. The molecule has 0 unspecified atom stereocenters. The highest BCUT2D eigenvalue weighted by Gasteiger charge is 2.08. The second-order valence-electron chi connectivity index (χ2n) is 5.80. The van der Waals surface area contributed by atoms with E-state index in [1.54, 1.807) is 6.20 Å². The van der Waals surface area contributed by atoms with Gasteiger partial charge in [-0.3, -0.25) is 9.78 Å². The molecule has 1 heterocycles. The molecule has 0 saturated carbocycles. The van der Waals surface area contributed by atoms with Crippen LogP contribution in [0.1, 0.15) is 55.1 Å². The van der Waals surface area contributed by atoms with E-state index in [4.69, 9.17) is 0 Å². The third-order valence-electron chi connectivity index (χ3n) is 3.75. The summed E-state index contributed by atoms with van der Waals surface area (Å²) in [6.07, 6.45) is 9.27. The number of aromatic nitrogens is 2. The Hall–Kier alpha value is -2.43. The van der Waals surface area contributed by atoms with Crippen molar-refractivity contribution in [3.05, 3.63) is 54.0 Å². The number of unbranched alkanes of at least 4 members (excludes halogenated alkanes) is 4. The number of rotatable bonds is 10. The van der Waals surface area contributed by atoms with Crippen molar-refractivity contribution in [2.45, 2.75) is 45.6 Å². The molecule has 0 aliphatic heterocycles. The van der Waals surface area contributed by atoms with Crippen molar-refractivity contribution < 1.29 is 4.79 Å². The number of carbonyl (C=O) groups is 1. The van der Waals surface area contributed by atoms with E-state index in [0.717, 1.165) is 18.5 Å². The van der Waals surface area contributed by atoms with E-state index in [-0.39, 0.29) is 5.91 Å². The van der Waals surface area contributed by atoms with E-state index in [1.807, 2.05) is 30.3 Å². The summed E-state index contributed by atoms with van der Waals surface area (Å²) in [6, 6.07) is 9.80. The van der Waals surface area contributed by atoms with E-state index in [0.29, 0.717) is 18.1 Å². The maximum Gasteiger partial charge on any atom is 0.271 e. The fourth-order valence-corrected chi connectivity index (χ4v) is 2.37. The Morgan fingerprint density at radius 3 is 2.62 bits per heavy atom. The van der Waals surface area contributed by atoms with Gasteiger partial charge in [0.1, 0.15) is 11.5 Å². The van der Waals surface area contributed by atoms with Crippen LogP contribution in [0.3, 0.4) is 0 Å². The predicted octanol–water partition coefficient (Wildman–Crippen LogP) is 3.79. The number of amides is 1. The number of hydrogen-bond donors (Lipinski definition) is 2. The van der Waals surface area contributed by atoms with Crippen molar-refractivity contribution in [1.29, 1.82) is 0 Å². The first-order valence-electron chi connectivity index (χ1n) is 8.67. The van der Waals surface area contributed by atoms with Gasteiger partial charge in [-0.25, -0.2) is 4.98 Å². The fraction of sp³-hybridized carbons (Fsp3) is 0.421. The van der Waals surface area contributed by atoms with Crippen LogP contribution in [-0.4, -0.2) is 22.4 Å². The second kappa shape index (κ2) is 10.4. The van der Waals surface area contributed by atoms with Crippen molar-refractivity contribution in [3.63, 3.8) is 0 Å². The summed E-state index contributed by atoms with van der Waals surface area (Å²) >= 11 is 0. The molecule has 1 amide bonds. The van der Waals surface area contributed by atoms with Crippen LogP contribution in [0.25, 0.3) is 0 Å².